The van der Waals surface area contributed by atoms with Crippen molar-refractivity contribution < 1.29 is 0 Å². The van der Waals surface area contributed by atoms with Crippen LogP contribution in [0.5, 0.6) is 0 Å². The first-order valence-electron chi connectivity index (χ1n) is 6.50. The van der Waals surface area contributed by atoms with Crippen molar-refractivity contribution >= 4 is 34.1 Å². The number of aromatic amines is 1. The SMILES string of the molecule is O=c1[nH]nc(Sc2nnc(Cl)c3ccccc23)n1C1CC1. The van der Waals surface area contributed by atoms with Crippen LogP contribution < -0.4 is 5.69 Å². The number of H-pyrrole nitrogens is 1. The van der Waals surface area contributed by atoms with E-state index in [9.17, 15) is 4.79 Å². The summed E-state index contributed by atoms with van der Waals surface area (Å²) in [6.45, 7) is 0. The molecule has 0 radical (unpaired) electrons. The maximum Gasteiger partial charge on any atom is 0.344 e. The van der Waals surface area contributed by atoms with Crippen LogP contribution in [-0.4, -0.2) is 25.0 Å². The number of benzene rings is 1. The van der Waals surface area contributed by atoms with Crippen LogP contribution in [0.2, 0.25) is 5.15 Å². The highest BCUT2D eigenvalue weighted by molar-refractivity contribution is 7.99. The van der Waals surface area contributed by atoms with Gasteiger partial charge in [-0.25, -0.2) is 9.89 Å². The molecule has 106 valence electrons. The first-order valence-corrected chi connectivity index (χ1v) is 7.69. The normalized spacial score (nSPS) is 14.7. The van der Waals surface area contributed by atoms with E-state index in [1.807, 2.05) is 24.3 Å². The van der Waals surface area contributed by atoms with E-state index in [2.05, 4.69) is 20.4 Å². The van der Waals surface area contributed by atoms with Gasteiger partial charge < -0.3 is 0 Å². The molecule has 1 aliphatic carbocycles. The second-order valence-corrected chi connectivity index (χ2v) is 6.17. The molecule has 0 spiro atoms. The summed E-state index contributed by atoms with van der Waals surface area (Å²) in [6, 6.07) is 7.91. The lowest BCUT2D eigenvalue weighted by Gasteiger charge is -2.06. The summed E-state index contributed by atoms with van der Waals surface area (Å²) in [6.07, 6.45) is 2.03. The fourth-order valence-corrected chi connectivity index (χ4v) is 3.39. The van der Waals surface area contributed by atoms with Crippen molar-refractivity contribution in [3.05, 3.63) is 39.9 Å². The summed E-state index contributed by atoms with van der Waals surface area (Å²) in [5.41, 5.74) is -0.175. The first-order chi connectivity index (χ1) is 10.2. The molecule has 3 aromatic rings. The van der Waals surface area contributed by atoms with Crippen molar-refractivity contribution in [2.45, 2.75) is 29.1 Å². The molecule has 8 heteroatoms. The minimum atomic E-state index is -0.175. The second kappa shape index (κ2) is 4.85. The van der Waals surface area contributed by atoms with E-state index >= 15 is 0 Å². The minimum Gasteiger partial charge on any atom is -0.267 e. The fourth-order valence-electron chi connectivity index (χ4n) is 2.23. The molecule has 0 aliphatic heterocycles. The highest BCUT2D eigenvalue weighted by Crippen LogP contribution is 2.38. The van der Waals surface area contributed by atoms with Crippen molar-refractivity contribution in [2.75, 3.05) is 0 Å². The second-order valence-electron chi connectivity index (χ2n) is 4.86. The maximum absolute atomic E-state index is 11.8. The van der Waals surface area contributed by atoms with Crippen molar-refractivity contribution in [3.63, 3.8) is 0 Å². The van der Waals surface area contributed by atoms with E-state index in [1.165, 1.54) is 11.8 Å². The van der Waals surface area contributed by atoms with E-state index in [-0.39, 0.29) is 11.7 Å². The predicted molar refractivity (Wildman–Crippen MR) is 79.8 cm³/mol. The summed E-state index contributed by atoms with van der Waals surface area (Å²) in [5, 5.41) is 18.1. The van der Waals surface area contributed by atoms with Gasteiger partial charge in [0.05, 0.1) is 0 Å². The van der Waals surface area contributed by atoms with Gasteiger partial charge in [0.25, 0.3) is 0 Å². The molecule has 21 heavy (non-hydrogen) atoms. The standard InChI is InChI=1S/C13H10ClN5OS/c14-10-8-3-1-2-4-9(8)11(16-15-10)21-13-18-17-12(20)19(13)7-5-6-7/h1-4,7H,5-6H2,(H,17,20). The molecule has 1 fully saturated rings. The summed E-state index contributed by atoms with van der Waals surface area (Å²) < 4.78 is 1.69. The van der Waals surface area contributed by atoms with E-state index in [4.69, 9.17) is 11.6 Å². The van der Waals surface area contributed by atoms with Crippen LogP contribution >= 0.6 is 23.4 Å². The molecule has 1 aromatic carbocycles. The van der Waals surface area contributed by atoms with Crippen molar-refractivity contribution in [1.29, 1.82) is 0 Å². The monoisotopic (exact) mass is 319 g/mol. The molecule has 2 aromatic heterocycles. The number of rotatable bonds is 3. The van der Waals surface area contributed by atoms with Crippen LogP contribution in [-0.2, 0) is 0 Å². The average molecular weight is 320 g/mol. The van der Waals surface area contributed by atoms with Crippen molar-refractivity contribution in [1.82, 2.24) is 25.0 Å². The van der Waals surface area contributed by atoms with E-state index in [1.54, 1.807) is 4.57 Å². The van der Waals surface area contributed by atoms with Gasteiger partial charge in [0.1, 0.15) is 5.03 Å². The van der Waals surface area contributed by atoms with Crippen LogP contribution in [0.15, 0.2) is 39.2 Å². The van der Waals surface area contributed by atoms with Gasteiger partial charge in [-0.15, -0.1) is 15.3 Å². The molecular weight excluding hydrogens is 310 g/mol. The van der Waals surface area contributed by atoms with Gasteiger partial charge in [-0.05, 0) is 24.6 Å². The Kier molecular flexibility index (Phi) is 2.97. The molecule has 1 aliphatic rings. The topological polar surface area (TPSA) is 76.5 Å². The van der Waals surface area contributed by atoms with Gasteiger partial charge in [0.2, 0.25) is 0 Å². The highest BCUT2D eigenvalue weighted by atomic mass is 35.5. The Morgan fingerprint density at radius 2 is 2.00 bits per heavy atom. The molecule has 0 saturated heterocycles. The van der Waals surface area contributed by atoms with Gasteiger partial charge in [0.15, 0.2) is 10.3 Å². The van der Waals surface area contributed by atoms with Crippen molar-refractivity contribution in [2.24, 2.45) is 0 Å². The van der Waals surface area contributed by atoms with Gasteiger partial charge in [0, 0.05) is 16.8 Å². The third-order valence-corrected chi connectivity index (χ3v) is 4.63. The lowest BCUT2D eigenvalue weighted by Crippen LogP contribution is -2.16. The molecule has 0 amide bonds. The first kappa shape index (κ1) is 12.8. The molecular formula is C13H10ClN5OS. The maximum atomic E-state index is 11.8. The number of halogens is 1. The van der Waals surface area contributed by atoms with E-state index in [0.29, 0.717) is 15.3 Å². The predicted octanol–water partition coefficient (Wildman–Crippen LogP) is 2.65. The molecule has 6 nitrogen and oxygen atoms in total. The Balaban J connectivity index is 1.82. The summed E-state index contributed by atoms with van der Waals surface area (Å²) in [5.74, 6) is 0. The quantitative estimate of drug-likeness (QED) is 0.803. The Bertz CT molecular complexity index is 886. The molecule has 4 rings (SSSR count). The van der Waals surface area contributed by atoms with Gasteiger partial charge in [-0.2, -0.15) is 0 Å². The molecule has 0 atom stereocenters. The van der Waals surface area contributed by atoms with Gasteiger partial charge >= 0.3 is 5.69 Å². The third-order valence-electron chi connectivity index (χ3n) is 3.38. The molecule has 1 saturated carbocycles. The number of aromatic nitrogens is 5. The molecule has 2 heterocycles. The largest absolute Gasteiger partial charge is 0.344 e. The van der Waals surface area contributed by atoms with Crippen molar-refractivity contribution in [3.8, 4) is 0 Å². The van der Waals surface area contributed by atoms with E-state index in [0.717, 1.165) is 23.6 Å². The number of hydrogen-bond donors (Lipinski definition) is 1. The summed E-state index contributed by atoms with van der Waals surface area (Å²) >= 11 is 7.40. The smallest absolute Gasteiger partial charge is 0.267 e. The number of fused-ring (bicyclic) bond motifs is 1. The lowest BCUT2D eigenvalue weighted by molar-refractivity contribution is 0.642. The zero-order chi connectivity index (χ0) is 14.4. The molecule has 1 N–H and O–H groups in total. The lowest BCUT2D eigenvalue weighted by atomic mass is 10.2. The Hall–Kier alpha value is -1.86. The average Bonchev–Trinajstić information content (AvgIpc) is 3.27. The summed E-state index contributed by atoms with van der Waals surface area (Å²) in [7, 11) is 0. The fraction of sp³-hybridized carbons (Fsp3) is 0.231. The number of nitrogens with zero attached hydrogens (tertiary/aromatic N) is 4. The van der Waals surface area contributed by atoms with Crippen LogP contribution in [0.3, 0.4) is 0 Å². The Morgan fingerprint density at radius 3 is 2.76 bits per heavy atom. The Labute approximate surface area is 128 Å². The van der Waals surface area contributed by atoms with Crippen LogP contribution in [0.4, 0.5) is 0 Å². The number of nitrogens with one attached hydrogen (secondary N) is 1. The van der Waals surface area contributed by atoms with Crippen LogP contribution in [0.1, 0.15) is 18.9 Å². The minimum absolute atomic E-state index is 0.175. The third kappa shape index (κ3) is 2.22. The van der Waals surface area contributed by atoms with Crippen LogP contribution in [0.25, 0.3) is 10.8 Å². The Morgan fingerprint density at radius 1 is 1.24 bits per heavy atom. The summed E-state index contributed by atoms with van der Waals surface area (Å²) in [4.78, 5) is 11.8. The van der Waals surface area contributed by atoms with Gasteiger partial charge in [-0.1, -0.05) is 35.9 Å². The molecule has 0 unspecified atom stereocenters. The van der Waals surface area contributed by atoms with Crippen LogP contribution in [0, 0.1) is 0 Å². The van der Waals surface area contributed by atoms with Gasteiger partial charge in [-0.3, -0.25) is 4.57 Å². The zero-order valence-electron chi connectivity index (χ0n) is 10.8. The number of hydrogen-bond acceptors (Lipinski definition) is 5. The highest BCUT2D eigenvalue weighted by Gasteiger charge is 2.29. The van der Waals surface area contributed by atoms with E-state index < -0.39 is 0 Å². The zero-order valence-corrected chi connectivity index (χ0v) is 12.4. The molecule has 0 bridgehead atoms.